The van der Waals surface area contributed by atoms with Crippen molar-refractivity contribution >= 4 is 87.8 Å². The minimum atomic E-state index is -0.282. The van der Waals surface area contributed by atoms with E-state index in [2.05, 4.69) is 269 Å². The summed E-state index contributed by atoms with van der Waals surface area (Å²) in [4.78, 5) is 0. The molecule has 2 heteroatoms. The molecule has 0 aliphatic heterocycles. The molecular weight excluding hydrogens is 1040 g/mol. The zero-order valence-corrected chi connectivity index (χ0v) is 47.3. The van der Waals surface area contributed by atoms with Crippen LogP contribution in [0.25, 0.3) is 154 Å². The molecule has 0 amide bonds. The Balaban J connectivity index is 0.825. The minimum absolute atomic E-state index is 0.282. The maximum Gasteiger partial charge on any atom is 0.0406 e. The SMILES string of the molecule is CC1(C)c2cc(-c3c4ccccc4c(-c4ccc(-c5ccc(Cl)cc5)cc4)c4ccccc34)ccc2-c2ccc(-c3c4ccccc4c(-c4c5ccccc5c(-c5ccc(-c6ccc(Cl)cc6)cc5)c5ccccc45)c4ccccc34)cc21. The van der Waals surface area contributed by atoms with E-state index < -0.39 is 0 Å². The Morgan fingerprint density at radius 1 is 0.205 bits per heavy atom. The molecule has 0 unspecified atom stereocenters. The number of hydrogen-bond acceptors (Lipinski definition) is 0. The van der Waals surface area contributed by atoms with Crippen molar-refractivity contribution in [1.82, 2.24) is 0 Å². The molecule has 0 heterocycles. The van der Waals surface area contributed by atoms with Gasteiger partial charge in [0.1, 0.15) is 0 Å². The molecular formula is C81H52Cl2. The van der Waals surface area contributed by atoms with Crippen molar-refractivity contribution in [3.8, 4) is 89.0 Å². The summed E-state index contributed by atoms with van der Waals surface area (Å²) in [5, 5.41) is 16.4. The molecule has 0 fully saturated rings. The van der Waals surface area contributed by atoms with Gasteiger partial charge in [0.2, 0.25) is 0 Å². The third kappa shape index (κ3) is 7.82. The van der Waals surface area contributed by atoms with Crippen LogP contribution in [0.5, 0.6) is 0 Å². The fourth-order valence-electron chi connectivity index (χ4n) is 14.2. The largest absolute Gasteiger partial charge is 0.0843 e. The van der Waals surface area contributed by atoms with Crippen molar-refractivity contribution in [3.05, 3.63) is 300 Å². The number of fused-ring (bicyclic) bond motifs is 9. The summed E-state index contributed by atoms with van der Waals surface area (Å²) in [6.07, 6.45) is 0. The molecule has 0 bridgehead atoms. The van der Waals surface area contributed by atoms with Crippen molar-refractivity contribution < 1.29 is 0 Å². The molecule has 390 valence electrons. The molecule has 1 aliphatic carbocycles. The quantitative estimate of drug-likeness (QED) is 0.140. The third-order valence-corrected chi connectivity index (χ3v) is 18.5. The lowest BCUT2D eigenvalue weighted by Gasteiger charge is -2.24. The maximum atomic E-state index is 6.28. The van der Waals surface area contributed by atoms with Crippen molar-refractivity contribution in [1.29, 1.82) is 0 Å². The van der Waals surface area contributed by atoms with Crippen LogP contribution in [0.15, 0.2) is 279 Å². The van der Waals surface area contributed by atoms with E-state index in [1.54, 1.807) is 0 Å². The van der Waals surface area contributed by atoms with Gasteiger partial charge in [-0.2, -0.15) is 0 Å². The number of rotatable bonds is 7. The summed E-state index contributed by atoms with van der Waals surface area (Å²) in [6, 6.07) is 103. The van der Waals surface area contributed by atoms with Gasteiger partial charge in [0, 0.05) is 15.5 Å². The van der Waals surface area contributed by atoms with Crippen molar-refractivity contribution in [3.63, 3.8) is 0 Å². The number of hydrogen-bond donors (Lipinski definition) is 0. The highest BCUT2D eigenvalue weighted by molar-refractivity contribution is 6.32. The first-order chi connectivity index (χ1) is 40.8. The Kier molecular flexibility index (Phi) is 11.5. The van der Waals surface area contributed by atoms with E-state index in [0.29, 0.717) is 0 Å². The average molecular weight is 1100 g/mol. The van der Waals surface area contributed by atoms with Crippen molar-refractivity contribution in [2.45, 2.75) is 19.3 Å². The second-order valence-corrected chi connectivity index (χ2v) is 23.7. The summed E-state index contributed by atoms with van der Waals surface area (Å²) in [7, 11) is 0. The molecule has 0 atom stereocenters. The van der Waals surface area contributed by atoms with E-state index in [9.17, 15) is 0 Å². The fraction of sp³-hybridized carbons (Fsp3) is 0.0370. The lowest BCUT2D eigenvalue weighted by molar-refractivity contribution is 0.661. The first kappa shape index (κ1) is 49.3. The zero-order valence-electron chi connectivity index (χ0n) is 45.8. The summed E-state index contributed by atoms with van der Waals surface area (Å²) < 4.78 is 0. The molecule has 15 aromatic carbocycles. The second-order valence-electron chi connectivity index (χ2n) is 22.8. The van der Waals surface area contributed by atoms with Crippen LogP contribution < -0.4 is 0 Å². The van der Waals surface area contributed by atoms with Crippen molar-refractivity contribution in [2.24, 2.45) is 0 Å². The average Bonchev–Trinajstić information content (AvgIpc) is 3.72. The van der Waals surface area contributed by atoms with Gasteiger partial charge >= 0.3 is 0 Å². The monoisotopic (exact) mass is 1090 g/mol. The first-order valence-corrected chi connectivity index (χ1v) is 29.4. The van der Waals surface area contributed by atoms with Gasteiger partial charge in [0.25, 0.3) is 0 Å². The van der Waals surface area contributed by atoms with E-state index in [0.717, 1.165) is 26.7 Å². The summed E-state index contributed by atoms with van der Waals surface area (Å²) >= 11 is 12.5. The molecule has 0 spiro atoms. The Morgan fingerprint density at radius 2 is 0.398 bits per heavy atom. The topological polar surface area (TPSA) is 0 Å². The van der Waals surface area contributed by atoms with Gasteiger partial charge in [-0.1, -0.05) is 280 Å². The Morgan fingerprint density at radius 3 is 0.651 bits per heavy atom. The molecule has 1 aliphatic rings. The second kappa shape index (κ2) is 19.3. The number of halogens is 2. The first-order valence-electron chi connectivity index (χ1n) is 28.6. The highest BCUT2D eigenvalue weighted by Gasteiger charge is 2.37. The predicted molar refractivity (Wildman–Crippen MR) is 357 cm³/mol. The van der Waals surface area contributed by atoms with Crippen LogP contribution in [0.2, 0.25) is 10.0 Å². The highest BCUT2D eigenvalue weighted by Crippen LogP contribution is 2.55. The van der Waals surface area contributed by atoms with Gasteiger partial charge in [-0.3, -0.25) is 0 Å². The standard InChI is InChI=1S/C81H52Cl2/c1-81(2)73-47-55(77-63-17-5-3-15-61(63)75(62-16-4-6-18-64(62)77)53-31-27-49(28-32-53)51-35-41-57(82)42-36-51)39-45-59(73)60-46-40-56(48-74(60)81)78-67-21-9-13-25-71(67)80(72-26-14-10-22-68(72)78)79-69-23-11-7-19-65(69)76(66-20-8-12-24-70(66)79)54-33-29-50(30-34-54)52-37-43-58(83)44-38-52/h3-48H,1-2H3. The highest BCUT2D eigenvalue weighted by atomic mass is 35.5. The van der Waals surface area contributed by atoms with Crippen LogP contribution in [-0.2, 0) is 5.41 Å². The van der Waals surface area contributed by atoms with Gasteiger partial charge in [0.05, 0.1) is 0 Å². The number of benzene rings is 15. The van der Waals surface area contributed by atoms with E-state index in [-0.39, 0.29) is 5.41 Å². The van der Waals surface area contributed by atoms with E-state index >= 15 is 0 Å². The van der Waals surface area contributed by atoms with E-state index in [1.807, 2.05) is 24.3 Å². The van der Waals surface area contributed by atoms with E-state index in [4.69, 9.17) is 23.2 Å². The Labute approximate surface area is 493 Å². The van der Waals surface area contributed by atoms with Crippen LogP contribution in [-0.4, -0.2) is 0 Å². The predicted octanol–water partition coefficient (Wildman–Crippen LogP) is 23.9. The van der Waals surface area contributed by atoms with Gasteiger partial charge in [-0.05, 0) is 201 Å². The Hall–Kier alpha value is -9.56. The lowest BCUT2D eigenvalue weighted by Crippen LogP contribution is -2.15. The Bertz CT molecular complexity index is 4970. The molecule has 83 heavy (non-hydrogen) atoms. The van der Waals surface area contributed by atoms with Crippen LogP contribution in [0.4, 0.5) is 0 Å². The van der Waals surface area contributed by atoms with Crippen LogP contribution in [0.3, 0.4) is 0 Å². The van der Waals surface area contributed by atoms with Crippen LogP contribution in [0, 0.1) is 0 Å². The van der Waals surface area contributed by atoms with Crippen LogP contribution in [0.1, 0.15) is 25.0 Å². The minimum Gasteiger partial charge on any atom is -0.0843 e. The molecule has 0 N–H and O–H groups in total. The fourth-order valence-corrected chi connectivity index (χ4v) is 14.4. The molecule has 0 saturated heterocycles. The lowest BCUT2D eigenvalue weighted by atomic mass is 9.78. The molecule has 0 nitrogen and oxygen atoms in total. The van der Waals surface area contributed by atoms with Gasteiger partial charge < -0.3 is 0 Å². The third-order valence-electron chi connectivity index (χ3n) is 18.0. The van der Waals surface area contributed by atoms with E-state index in [1.165, 1.54) is 148 Å². The molecule has 15 aromatic rings. The smallest absolute Gasteiger partial charge is 0.0406 e. The molecule has 16 rings (SSSR count). The molecule has 0 aromatic heterocycles. The maximum absolute atomic E-state index is 6.28. The van der Waals surface area contributed by atoms with Gasteiger partial charge in [-0.25, -0.2) is 0 Å². The summed E-state index contributed by atoms with van der Waals surface area (Å²) in [5.74, 6) is 0. The van der Waals surface area contributed by atoms with Crippen molar-refractivity contribution in [2.75, 3.05) is 0 Å². The molecule has 0 saturated carbocycles. The van der Waals surface area contributed by atoms with Gasteiger partial charge in [0.15, 0.2) is 0 Å². The van der Waals surface area contributed by atoms with Gasteiger partial charge in [-0.15, -0.1) is 0 Å². The zero-order chi connectivity index (χ0) is 55.5. The summed E-state index contributed by atoms with van der Waals surface area (Å²) in [6.45, 7) is 4.84. The van der Waals surface area contributed by atoms with Crippen LogP contribution >= 0.6 is 23.2 Å². The molecule has 0 radical (unpaired) electrons. The normalized spacial score (nSPS) is 12.7. The summed E-state index contributed by atoms with van der Waals surface area (Å²) in [5.41, 5.74) is 22.0.